The molecule has 0 saturated carbocycles. The summed E-state index contributed by atoms with van der Waals surface area (Å²) in [7, 11) is 0. The molecule has 4 rings (SSSR count). The van der Waals surface area contributed by atoms with Gasteiger partial charge in [0.05, 0.1) is 30.5 Å². The first-order chi connectivity index (χ1) is 15.9. The molecule has 170 valence electrons. The summed E-state index contributed by atoms with van der Waals surface area (Å²) in [6.07, 6.45) is -2.24. The average molecular weight is 457 g/mol. The molecule has 8 nitrogen and oxygen atoms in total. The number of nitrogens with zero attached hydrogens (tertiary/aromatic N) is 4. The zero-order valence-electron chi connectivity index (χ0n) is 17.4. The van der Waals surface area contributed by atoms with Crippen LogP contribution in [0.1, 0.15) is 30.2 Å². The number of rotatable bonds is 7. The van der Waals surface area contributed by atoms with Crippen molar-refractivity contribution >= 4 is 17.0 Å². The number of ether oxygens (including phenoxy) is 1. The highest BCUT2D eigenvalue weighted by molar-refractivity contribution is 5.89. The number of hydrogen-bond acceptors (Lipinski definition) is 6. The van der Waals surface area contributed by atoms with Gasteiger partial charge in [-0.2, -0.15) is 5.10 Å². The van der Waals surface area contributed by atoms with Crippen molar-refractivity contribution in [3.63, 3.8) is 0 Å². The molecule has 3 heterocycles. The lowest BCUT2D eigenvalue weighted by Crippen LogP contribution is -2.23. The fourth-order valence-corrected chi connectivity index (χ4v) is 3.42. The fraction of sp³-hybridized carbons (Fsp3) is 0.227. The Morgan fingerprint density at radius 3 is 2.73 bits per heavy atom. The molecule has 0 spiro atoms. The van der Waals surface area contributed by atoms with Crippen molar-refractivity contribution in [3.05, 3.63) is 75.6 Å². The number of halogens is 3. The Balaban J connectivity index is 1.83. The van der Waals surface area contributed by atoms with Crippen LogP contribution in [0.2, 0.25) is 0 Å². The molecule has 3 aromatic heterocycles. The van der Waals surface area contributed by atoms with Crippen LogP contribution in [-0.4, -0.2) is 37.3 Å². The van der Waals surface area contributed by atoms with E-state index < -0.39 is 41.4 Å². The van der Waals surface area contributed by atoms with E-state index in [1.54, 1.807) is 37.3 Å². The van der Waals surface area contributed by atoms with Crippen LogP contribution >= 0.6 is 0 Å². The number of hydrogen-bond donors (Lipinski definition) is 1. The van der Waals surface area contributed by atoms with Gasteiger partial charge in [0.2, 0.25) is 0 Å². The minimum atomic E-state index is -3.11. The van der Waals surface area contributed by atoms with Gasteiger partial charge in [0.1, 0.15) is 17.2 Å². The third-order valence-corrected chi connectivity index (χ3v) is 4.89. The maximum atomic E-state index is 14.2. The molecule has 4 aromatic rings. The number of pyridine rings is 1. The predicted molar refractivity (Wildman–Crippen MR) is 112 cm³/mol. The first kappa shape index (κ1) is 22.2. The molecule has 0 fully saturated rings. The van der Waals surface area contributed by atoms with Crippen molar-refractivity contribution in [2.75, 3.05) is 6.61 Å². The van der Waals surface area contributed by atoms with E-state index in [9.17, 15) is 22.8 Å². The number of benzene rings is 1. The average Bonchev–Trinajstić information content (AvgIpc) is 3.15. The maximum absolute atomic E-state index is 14.2. The summed E-state index contributed by atoms with van der Waals surface area (Å²) in [4.78, 5) is 35.0. The van der Waals surface area contributed by atoms with Crippen LogP contribution in [0.25, 0.3) is 22.6 Å². The molecule has 0 bridgehead atoms. The zero-order valence-corrected chi connectivity index (χ0v) is 17.4. The van der Waals surface area contributed by atoms with Crippen molar-refractivity contribution in [2.45, 2.75) is 26.3 Å². The molecule has 0 amide bonds. The SMILES string of the molecule is CCOC(=O)Cc1c(C(F)F)nc(-c2nn(Cc3ccccc3F)c3ncccc23)[nH]c1=O. The second-order valence-electron chi connectivity index (χ2n) is 7.03. The van der Waals surface area contributed by atoms with Crippen LogP contribution in [0.5, 0.6) is 0 Å². The van der Waals surface area contributed by atoms with Crippen molar-refractivity contribution in [2.24, 2.45) is 0 Å². The number of H-pyrrole nitrogens is 1. The first-order valence-corrected chi connectivity index (χ1v) is 10.0. The molecule has 1 N–H and O–H groups in total. The van der Waals surface area contributed by atoms with Gasteiger partial charge in [0.15, 0.2) is 11.5 Å². The van der Waals surface area contributed by atoms with Gasteiger partial charge in [-0.1, -0.05) is 18.2 Å². The monoisotopic (exact) mass is 457 g/mol. The van der Waals surface area contributed by atoms with Crippen LogP contribution in [0.4, 0.5) is 13.2 Å². The quantitative estimate of drug-likeness (QED) is 0.427. The van der Waals surface area contributed by atoms with Gasteiger partial charge >= 0.3 is 5.97 Å². The molecule has 0 saturated heterocycles. The van der Waals surface area contributed by atoms with Crippen molar-refractivity contribution in [1.29, 1.82) is 0 Å². The Morgan fingerprint density at radius 1 is 1.21 bits per heavy atom. The summed E-state index contributed by atoms with van der Waals surface area (Å²) in [5.41, 5.74) is -1.41. The highest BCUT2D eigenvalue weighted by atomic mass is 19.3. The summed E-state index contributed by atoms with van der Waals surface area (Å²) < 4.78 is 47.8. The number of nitrogens with one attached hydrogen (secondary N) is 1. The third kappa shape index (κ3) is 4.47. The van der Waals surface area contributed by atoms with E-state index in [1.807, 2.05) is 0 Å². The van der Waals surface area contributed by atoms with E-state index in [2.05, 4.69) is 20.1 Å². The molecule has 0 aliphatic rings. The Labute approximate surface area is 185 Å². The Hall–Kier alpha value is -4.02. The van der Waals surface area contributed by atoms with E-state index in [1.165, 1.54) is 16.9 Å². The number of aromatic nitrogens is 5. The van der Waals surface area contributed by atoms with E-state index in [4.69, 9.17) is 4.74 Å². The third-order valence-electron chi connectivity index (χ3n) is 4.89. The van der Waals surface area contributed by atoms with Crippen molar-refractivity contribution < 1.29 is 22.7 Å². The Morgan fingerprint density at radius 2 is 2.00 bits per heavy atom. The van der Waals surface area contributed by atoms with E-state index in [-0.39, 0.29) is 24.7 Å². The number of carbonyl (C=O) groups is 1. The zero-order chi connectivity index (χ0) is 23.5. The molecular formula is C22H18F3N5O3. The van der Waals surface area contributed by atoms with Gasteiger partial charge in [-0.25, -0.2) is 27.8 Å². The smallest absolute Gasteiger partial charge is 0.310 e. The molecule has 0 unspecified atom stereocenters. The van der Waals surface area contributed by atoms with Gasteiger partial charge in [0, 0.05) is 11.8 Å². The van der Waals surface area contributed by atoms with Crippen LogP contribution in [0, 0.1) is 5.82 Å². The molecular weight excluding hydrogens is 439 g/mol. The lowest BCUT2D eigenvalue weighted by Gasteiger charge is -2.09. The number of aromatic amines is 1. The molecule has 11 heteroatoms. The van der Waals surface area contributed by atoms with E-state index in [0.29, 0.717) is 16.6 Å². The molecule has 1 aromatic carbocycles. The van der Waals surface area contributed by atoms with Gasteiger partial charge in [-0.3, -0.25) is 9.59 Å². The minimum absolute atomic E-state index is 0.0209. The standard InChI is InChI=1S/C22H18F3N5O3/c1-2-33-16(31)10-14-17(19(24)25)27-20(28-22(14)32)18-13-7-5-9-26-21(13)30(29-18)11-12-6-3-4-8-15(12)23/h3-9,19H,2,10-11H2,1H3,(H,27,28,32). The van der Waals surface area contributed by atoms with Gasteiger partial charge < -0.3 is 9.72 Å². The summed E-state index contributed by atoms with van der Waals surface area (Å²) in [6.45, 7) is 1.63. The normalized spacial score (nSPS) is 11.3. The number of carbonyl (C=O) groups excluding carboxylic acids is 1. The van der Waals surface area contributed by atoms with Crippen LogP contribution in [0.15, 0.2) is 47.4 Å². The van der Waals surface area contributed by atoms with E-state index in [0.717, 1.165) is 0 Å². The lowest BCUT2D eigenvalue weighted by molar-refractivity contribution is -0.142. The molecule has 0 atom stereocenters. The number of alkyl halides is 2. The summed E-state index contributed by atoms with van der Waals surface area (Å²) in [5.74, 6) is -1.47. The highest BCUT2D eigenvalue weighted by Gasteiger charge is 2.25. The second kappa shape index (κ2) is 9.23. The lowest BCUT2D eigenvalue weighted by atomic mass is 10.1. The topological polar surface area (TPSA) is 103 Å². The maximum Gasteiger partial charge on any atom is 0.310 e. The fourth-order valence-electron chi connectivity index (χ4n) is 3.42. The van der Waals surface area contributed by atoms with Crippen molar-refractivity contribution in [1.82, 2.24) is 24.7 Å². The number of fused-ring (bicyclic) bond motifs is 1. The Bertz CT molecular complexity index is 1380. The largest absolute Gasteiger partial charge is 0.466 e. The first-order valence-electron chi connectivity index (χ1n) is 10.0. The predicted octanol–water partition coefficient (Wildman–Crippen LogP) is 3.41. The summed E-state index contributed by atoms with van der Waals surface area (Å²) in [6, 6.07) is 9.38. The summed E-state index contributed by atoms with van der Waals surface area (Å²) in [5, 5.41) is 4.80. The van der Waals surface area contributed by atoms with Crippen LogP contribution in [0.3, 0.4) is 0 Å². The number of esters is 1. The molecule has 0 aliphatic heterocycles. The van der Waals surface area contributed by atoms with Crippen LogP contribution in [-0.2, 0) is 22.5 Å². The van der Waals surface area contributed by atoms with Gasteiger partial charge in [0.25, 0.3) is 12.0 Å². The van der Waals surface area contributed by atoms with Crippen molar-refractivity contribution in [3.8, 4) is 11.5 Å². The van der Waals surface area contributed by atoms with Gasteiger partial charge in [-0.05, 0) is 25.1 Å². The minimum Gasteiger partial charge on any atom is -0.466 e. The molecule has 33 heavy (non-hydrogen) atoms. The van der Waals surface area contributed by atoms with Gasteiger partial charge in [-0.15, -0.1) is 0 Å². The highest BCUT2D eigenvalue weighted by Crippen LogP contribution is 2.27. The second-order valence-corrected chi connectivity index (χ2v) is 7.03. The van der Waals surface area contributed by atoms with E-state index >= 15 is 0 Å². The Kier molecular flexibility index (Phi) is 6.20. The molecule has 0 radical (unpaired) electrons. The molecule has 0 aliphatic carbocycles. The summed E-state index contributed by atoms with van der Waals surface area (Å²) >= 11 is 0. The van der Waals surface area contributed by atoms with Crippen LogP contribution < -0.4 is 5.56 Å².